The highest BCUT2D eigenvalue weighted by atomic mass is 31.2. The third-order valence-corrected chi connectivity index (χ3v) is 6.68. The van der Waals surface area contributed by atoms with Crippen LogP contribution in [0.25, 0.3) is 11.2 Å². The van der Waals surface area contributed by atoms with Crippen molar-refractivity contribution in [1.82, 2.24) is 19.5 Å². The van der Waals surface area contributed by atoms with Crippen LogP contribution in [0.4, 0.5) is 10.3 Å². The second-order valence-electron chi connectivity index (χ2n) is 7.68. The number of phenolic OH excluding ortho intramolecular Hbond substituents is 1. The van der Waals surface area contributed by atoms with Gasteiger partial charge in [0, 0.05) is 6.07 Å². The van der Waals surface area contributed by atoms with E-state index in [9.17, 15) is 9.67 Å². The van der Waals surface area contributed by atoms with E-state index in [-0.39, 0.29) is 41.1 Å². The SMILES string of the molecule is CCOc1nc(N)nc2c1ncn2[C@@H]1O[C@@H]2COP(=O)(Oc3cccc(O)c3)O[C@H]2[C@@]1(C)F. The number of benzene rings is 1. The number of fused-ring (bicyclic) bond motifs is 2. The minimum atomic E-state index is -4.20. The van der Waals surface area contributed by atoms with E-state index < -0.39 is 31.9 Å². The topological polar surface area (TPSA) is 153 Å². The first-order valence-electron chi connectivity index (χ1n) is 10.1. The average molecular weight is 481 g/mol. The number of halogens is 1. The number of phosphoric ester groups is 1. The van der Waals surface area contributed by atoms with Crippen LogP contribution in [0.15, 0.2) is 30.6 Å². The molecular weight excluding hydrogens is 460 g/mol. The molecule has 4 heterocycles. The van der Waals surface area contributed by atoms with E-state index in [0.717, 1.165) is 0 Å². The van der Waals surface area contributed by atoms with Gasteiger partial charge in [0.25, 0.3) is 0 Å². The molecule has 2 saturated heterocycles. The van der Waals surface area contributed by atoms with Crippen molar-refractivity contribution in [2.75, 3.05) is 18.9 Å². The third kappa shape index (κ3) is 3.76. The highest BCUT2D eigenvalue weighted by Crippen LogP contribution is 2.59. The average Bonchev–Trinajstić information content (AvgIpc) is 3.26. The lowest BCUT2D eigenvalue weighted by atomic mass is 9.98. The molecular formula is C19H21FN5O7P. The maximum atomic E-state index is 16.1. The number of hydrogen-bond acceptors (Lipinski definition) is 11. The van der Waals surface area contributed by atoms with Gasteiger partial charge in [0.15, 0.2) is 23.1 Å². The summed E-state index contributed by atoms with van der Waals surface area (Å²) in [6.07, 6.45) is -2.09. The van der Waals surface area contributed by atoms with Crippen LogP contribution in [0, 0.1) is 0 Å². The Morgan fingerprint density at radius 1 is 1.42 bits per heavy atom. The standard InChI is InChI=1S/C19H21FN5O7P/c1-3-28-16-13-15(23-18(21)24-16)25(9-22-13)17-19(2,20)14-12(30-17)8-29-33(27,32-14)31-11-6-4-5-10(26)7-11/h4-7,9,12,14,17,26H,3,8H2,1-2H3,(H2,21,23,24)/t12-,14-,17-,19-,33?/m1/s1. The van der Waals surface area contributed by atoms with Crippen molar-refractivity contribution in [2.45, 2.75) is 38.0 Å². The van der Waals surface area contributed by atoms with Crippen molar-refractivity contribution in [3.05, 3.63) is 30.6 Å². The zero-order valence-corrected chi connectivity index (χ0v) is 18.5. The second kappa shape index (κ2) is 7.80. The summed E-state index contributed by atoms with van der Waals surface area (Å²) in [7, 11) is -4.20. The van der Waals surface area contributed by atoms with Crippen LogP contribution in [0.3, 0.4) is 0 Å². The highest BCUT2D eigenvalue weighted by molar-refractivity contribution is 7.49. The Bertz CT molecular complexity index is 1250. The fraction of sp³-hybridized carbons (Fsp3) is 0.421. The van der Waals surface area contributed by atoms with Gasteiger partial charge < -0.3 is 24.8 Å². The number of anilines is 1. The molecule has 2 fully saturated rings. The first-order chi connectivity index (χ1) is 15.7. The lowest BCUT2D eigenvalue weighted by Gasteiger charge is -2.33. The summed E-state index contributed by atoms with van der Waals surface area (Å²) < 4.78 is 58.0. The monoisotopic (exact) mass is 481 g/mol. The molecule has 2 aromatic heterocycles. The molecule has 0 aliphatic carbocycles. The zero-order chi connectivity index (χ0) is 23.4. The molecule has 176 valence electrons. The van der Waals surface area contributed by atoms with E-state index in [1.807, 2.05) is 0 Å². The van der Waals surface area contributed by atoms with Gasteiger partial charge in [-0.05, 0) is 26.0 Å². The first-order valence-corrected chi connectivity index (χ1v) is 11.5. The van der Waals surface area contributed by atoms with E-state index in [1.165, 1.54) is 42.1 Å². The number of imidazole rings is 1. The van der Waals surface area contributed by atoms with Gasteiger partial charge in [0.1, 0.15) is 23.7 Å². The Morgan fingerprint density at radius 2 is 2.24 bits per heavy atom. The number of aromatic nitrogens is 4. The van der Waals surface area contributed by atoms with Gasteiger partial charge in [-0.2, -0.15) is 9.97 Å². The van der Waals surface area contributed by atoms with Gasteiger partial charge in [-0.3, -0.25) is 13.6 Å². The predicted octanol–water partition coefficient (Wildman–Crippen LogP) is 2.74. The lowest BCUT2D eigenvalue weighted by Crippen LogP contribution is -2.45. The molecule has 5 atom stereocenters. The number of phenols is 1. The number of ether oxygens (including phenoxy) is 2. The van der Waals surface area contributed by atoms with Gasteiger partial charge in [-0.15, -0.1) is 0 Å². The Kier molecular flexibility index (Phi) is 5.16. The maximum absolute atomic E-state index is 16.1. The molecule has 1 aromatic carbocycles. The van der Waals surface area contributed by atoms with Crippen molar-refractivity contribution in [3.63, 3.8) is 0 Å². The molecule has 3 aromatic rings. The van der Waals surface area contributed by atoms with Crippen molar-refractivity contribution in [3.8, 4) is 17.4 Å². The van der Waals surface area contributed by atoms with Crippen LogP contribution in [0.1, 0.15) is 20.1 Å². The van der Waals surface area contributed by atoms with Crippen molar-refractivity contribution in [1.29, 1.82) is 0 Å². The zero-order valence-electron chi connectivity index (χ0n) is 17.6. The van der Waals surface area contributed by atoms with Crippen molar-refractivity contribution in [2.24, 2.45) is 0 Å². The van der Waals surface area contributed by atoms with Gasteiger partial charge in [-0.1, -0.05) is 6.07 Å². The number of hydrogen-bond donors (Lipinski definition) is 2. The fourth-order valence-corrected chi connectivity index (χ4v) is 5.35. The molecule has 0 radical (unpaired) electrons. The Hall–Kier alpha value is -2.99. The van der Waals surface area contributed by atoms with E-state index in [2.05, 4.69) is 15.0 Å². The number of alkyl halides is 1. The summed E-state index contributed by atoms with van der Waals surface area (Å²) in [5.74, 6) is 0.0305. The molecule has 5 rings (SSSR count). The van der Waals surface area contributed by atoms with Gasteiger partial charge in [0.2, 0.25) is 11.8 Å². The molecule has 0 saturated carbocycles. The van der Waals surface area contributed by atoms with Crippen LogP contribution in [0.2, 0.25) is 0 Å². The number of aromatic hydroxyl groups is 1. The largest absolute Gasteiger partial charge is 0.530 e. The summed E-state index contributed by atoms with van der Waals surface area (Å²) in [6.45, 7) is 3.11. The van der Waals surface area contributed by atoms with Crippen LogP contribution < -0.4 is 15.0 Å². The summed E-state index contributed by atoms with van der Waals surface area (Å²) in [6, 6.07) is 5.60. The normalized spacial score (nSPS) is 31.4. The minimum absolute atomic E-state index is 0.0454. The van der Waals surface area contributed by atoms with Crippen LogP contribution in [0.5, 0.6) is 17.4 Å². The minimum Gasteiger partial charge on any atom is -0.508 e. The molecule has 0 spiro atoms. The number of rotatable bonds is 5. The van der Waals surface area contributed by atoms with E-state index >= 15 is 4.39 Å². The van der Waals surface area contributed by atoms with E-state index in [1.54, 1.807) is 6.92 Å². The smallest absolute Gasteiger partial charge is 0.508 e. The molecule has 14 heteroatoms. The summed E-state index contributed by atoms with van der Waals surface area (Å²) >= 11 is 0. The quantitative estimate of drug-likeness (QED) is 0.517. The molecule has 33 heavy (non-hydrogen) atoms. The number of nitrogens with zero attached hydrogens (tertiary/aromatic N) is 4. The second-order valence-corrected chi connectivity index (χ2v) is 9.23. The Morgan fingerprint density at radius 3 is 3.00 bits per heavy atom. The maximum Gasteiger partial charge on any atom is 0.530 e. The van der Waals surface area contributed by atoms with Gasteiger partial charge in [0.05, 0.1) is 19.5 Å². The van der Waals surface area contributed by atoms with E-state index in [4.69, 9.17) is 28.8 Å². The van der Waals surface area contributed by atoms with Crippen LogP contribution in [-0.4, -0.2) is 55.7 Å². The Balaban J connectivity index is 1.45. The van der Waals surface area contributed by atoms with Crippen LogP contribution in [-0.2, 0) is 18.3 Å². The summed E-state index contributed by atoms with van der Waals surface area (Å²) in [5.41, 5.74) is 4.10. The van der Waals surface area contributed by atoms with Crippen LogP contribution >= 0.6 is 7.82 Å². The molecule has 2 aliphatic heterocycles. The summed E-state index contributed by atoms with van der Waals surface area (Å²) in [5, 5.41) is 9.59. The molecule has 0 amide bonds. The third-order valence-electron chi connectivity index (χ3n) is 5.30. The van der Waals surface area contributed by atoms with Gasteiger partial charge >= 0.3 is 7.82 Å². The molecule has 12 nitrogen and oxygen atoms in total. The van der Waals surface area contributed by atoms with Crippen molar-refractivity contribution < 1.29 is 37.1 Å². The van der Waals surface area contributed by atoms with Gasteiger partial charge in [-0.25, -0.2) is 13.9 Å². The van der Waals surface area contributed by atoms with E-state index in [0.29, 0.717) is 6.61 Å². The fourth-order valence-electron chi connectivity index (χ4n) is 3.88. The predicted molar refractivity (Wildman–Crippen MR) is 111 cm³/mol. The lowest BCUT2D eigenvalue weighted by molar-refractivity contribution is -0.0655. The molecule has 0 bridgehead atoms. The first kappa shape index (κ1) is 21.8. The molecule has 2 aliphatic rings. The number of nitrogen functional groups attached to an aromatic ring is 1. The highest BCUT2D eigenvalue weighted by Gasteiger charge is 2.62. The summed E-state index contributed by atoms with van der Waals surface area (Å²) in [4.78, 5) is 12.4. The molecule has 1 unspecified atom stereocenters. The van der Waals surface area contributed by atoms with Crippen molar-refractivity contribution >= 4 is 24.9 Å². The number of phosphoric acid groups is 1. The molecule has 3 N–H and O–H groups in total. The Labute approximate surface area is 187 Å². The number of nitrogens with two attached hydrogens (primary N) is 1.